The van der Waals surface area contributed by atoms with Gasteiger partial charge in [-0.15, -0.1) is 0 Å². The number of hydrogen-bond acceptors (Lipinski definition) is 3. The Kier molecular flexibility index (Phi) is 6.22. The molecule has 0 bridgehead atoms. The summed E-state index contributed by atoms with van der Waals surface area (Å²) in [5, 5.41) is 0. The third-order valence-electron chi connectivity index (χ3n) is 3.11. The number of likely N-dealkylation sites (N-methyl/N-ethyl adjacent to an activating group) is 1. The molecule has 0 aromatic carbocycles. The van der Waals surface area contributed by atoms with E-state index in [1.54, 1.807) is 0 Å². The molecule has 0 aliphatic carbocycles. The predicted molar refractivity (Wildman–Crippen MR) is 64.3 cm³/mol. The van der Waals surface area contributed by atoms with Gasteiger partial charge in [0.05, 0.1) is 12.7 Å². The van der Waals surface area contributed by atoms with Gasteiger partial charge in [0.2, 0.25) is 0 Å². The molecule has 3 nitrogen and oxygen atoms in total. The van der Waals surface area contributed by atoms with E-state index in [4.69, 9.17) is 4.74 Å². The zero-order valence-corrected chi connectivity index (χ0v) is 10.5. The van der Waals surface area contributed by atoms with Crippen LogP contribution in [0.3, 0.4) is 0 Å². The maximum atomic E-state index is 5.78. The summed E-state index contributed by atoms with van der Waals surface area (Å²) in [4.78, 5) is 4.87. The molecule has 1 atom stereocenters. The van der Waals surface area contributed by atoms with Gasteiger partial charge in [0, 0.05) is 19.6 Å². The highest BCUT2D eigenvalue weighted by molar-refractivity contribution is 4.73. The van der Waals surface area contributed by atoms with Gasteiger partial charge in [-0.05, 0) is 26.6 Å². The highest BCUT2D eigenvalue weighted by Gasteiger charge is 2.20. The normalized spacial score (nSPS) is 23.6. The van der Waals surface area contributed by atoms with E-state index >= 15 is 0 Å². The summed E-state index contributed by atoms with van der Waals surface area (Å²) in [6, 6.07) is 0. The second kappa shape index (κ2) is 7.20. The van der Waals surface area contributed by atoms with Gasteiger partial charge in [0.1, 0.15) is 0 Å². The van der Waals surface area contributed by atoms with E-state index in [1.807, 2.05) is 0 Å². The quantitative estimate of drug-likeness (QED) is 0.665. The Hall–Kier alpha value is -0.120. The monoisotopic (exact) mass is 214 g/mol. The molecule has 0 aromatic heterocycles. The second-order valence-corrected chi connectivity index (χ2v) is 4.50. The minimum Gasteiger partial charge on any atom is -0.374 e. The number of morpholine rings is 1. The summed E-state index contributed by atoms with van der Waals surface area (Å²) in [7, 11) is 2.16. The van der Waals surface area contributed by atoms with Gasteiger partial charge in [0.15, 0.2) is 0 Å². The molecule has 1 aliphatic rings. The first-order chi connectivity index (χ1) is 7.26. The molecule has 0 aromatic rings. The van der Waals surface area contributed by atoms with Crippen molar-refractivity contribution in [2.75, 3.05) is 46.4 Å². The number of unbranched alkanes of at least 4 members (excludes halogenated alkanes) is 1. The molecule has 0 saturated carbocycles. The van der Waals surface area contributed by atoms with Gasteiger partial charge in [-0.3, -0.25) is 4.90 Å². The van der Waals surface area contributed by atoms with Crippen LogP contribution in [-0.2, 0) is 4.74 Å². The van der Waals surface area contributed by atoms with Crippen LogP contribution < -0.4 is 0 Å². The second-order valence-electron chi connectivity index (χ2n) is 4.50. The van der Waals surface area contributed by atoms with Crippen molar-refractivity contribution < 1.29 is 4.74 Å². The van der Waals surface area contributed by atoms with E-state index < -0.39 is 0 Å². The lowest BCUT2D eigenvalue weighted by atomic mass is 10.2. The van der Waals surface area contributed by atoms with Crippen molar-refractivity contribution in [2.45, 2.75) is 32.8 Å². The van der Waals surface area contributed by atoms with Crippen LogP contribution in [-0.4, -0.2) is 62.3 Å². The lowest BCUT2D eigenvalue weighted by molar-refractivity contribution is -0.0401. The first kappa shape index (κ1) is 12.9. The highest BCUT2D eigenvalue weighted by atomic mass is 16.5. The van der Waals surface area contributed by atoms with Gasteiger partial charge in [-0.2, -0.15) is 0 Å². The SMILES string of the molecule is CCCCN1CCO[C@H](CN(C)CC)C1. The minimum absolute atomic E-state index is 0.417. The van der Waals surface area contributed by atoms with Gasteiger partial charge in [-0.25, -0.2) is 0 Å². The average molecular weight is 214 g/mol. The number of nitrogens with zero attached hydrogens (tertiary/aromatic N) is 2. The topological polar surface area (TPSA) is 15.7 Å². The van der Waals surface area contributed by atoms with Crippen molar-refractivity contribution in [2.24, 2.45) is 0 Å². The number of rotatable bonds is 6. The van der Waals surface area contributed by atoms with Crippen LogP contribution in [0, 0.1) is 0 Å². The lowest BCUT2D eigenvalue weighted by Crippen LogP contribution is -2.47. The third-order valence-corrected chi connectivity index (χ3v) is 3.11. The standard InChI is InChI=1S/C12H26N2O/c1-4-6-7-14-8-9-15-12(11-14)10-13(3)5-2/h12H,4-11H2,1-3H3/t12-/m1/s1. The van der Waals surface area contributed by atoms with Crippen molar-refractivity contribution in [3.63, 3.8) is 0 Å². The van der Waals surface area contributed by atoms with Crippen molar-refractivity contribution in [3.05, 3.63) is 0 Å². The van der Waals surface area contributed by atoms with Crippen LogP contribution >= 0.6 is 0 Å². The molecule has 1 saturated heterocycles. The van der Waals surface area contributed by atoms with Gasteiger partial charge < -0.3 is 9.64 Å². The molecule has 1 aliphatic heterocycles. The lowest BCUT2D eigenvalue weighted by Gasteiger charge is -2.34. The van der Waals surface area contributed by atoms with Crippen molar-refractivity contribution in [3.8, 4) is 0 Å². The van der Waals surface area contributed by atoms with Crippen LogP contribution in [0.15, 0.2) is 0 Å². The Bertz CT molecular complexity index is 164. The van der Waals surface area contributed by atoms with Crippen LogP contribution in [0.2, 0.25) is 0 Å². The summed E-state index contributed by atoms with van der Waals surface area (Å²) in [5.41, 5.74) is 0. The summed E-state index contributed by atoms with van der Waals surface area (Å²) < 4.78 is 5.78. The molecule has 0 amide bonds. The molecule has 90 valence electrons. The Labute approximate surface area is 94.4 Å². The zero-order chi connectivity index (χ0) is 11.1. The van der Waals surface area contributed by atoms with E-state index in [1.165, 1.54) is 19.4 Å². The highest BCUT2D eigenvalue weighted by Crippen LogP contribution is 2.07. The van der Waals surface area contributed by atoms with Crippen LogP contribution in [0.25, 0.3) is 0 Å². The van der Waals surface area contributed by atoms with E-state index in [0.717, 1.165) is 32.8 Å². The van der Waals surface area contributed by atoms with Gasteiger partial charge >= 0.3 is 0 Å². The first-order valence-corrected chi connectivity index (χ1v) is 6.28. The maximum absolute atomic E-state index is 5.78. The molecule has 0 N–H and O–H groups in total. The molecule has 1 rings (SSSR count). The molecule has 15 heavy (non-hydrogen) atoms. The fraction of sp³-hybridized carbons (Fsp3) is 1.00. The average Bonchev–Trinajstić information content (AvgIpc) is 2.26. The molecule has 0 unspecified atom stereocenters. The van der Waals surface area contributed by atoms with E-state index in [-0.39, 0.29) is 0 Å². The predicted octanol–water partition coefficient (Wildman–Crippen LogP) is 1.44. The molecule has 1 fully saturated rings. The fourth-order valence-electron chi connectivity index (χ4n) is 1.95. The van der Waals surface area contributed by atoms with Crippen molar-refractivity contribution >= 4 is 0 Å². The van der Waals surface area contributed by atoms with Crippen molar-refractivity contribution in [1.82, 2.24) is 9.80 Å². The molecule has 0 radical (unpaired) electrons. The molecule has 3 heteroatoms. The first-order valence-electron chi connectivity index (χ1n) is 6.28. The third kappa shape index (κ3) is 4.96. The molecule has 1 heterocycles. The largest absolute Gasteiger partial charge is 0.374 e. The number of ether oxygens (including phenoxy) is 1. The van der Waals surface area contributed by atoms with E-state index in [2.05, 4.69) is 30.7 Å². The Morgan fingerprint density at radius 1 is 1.40 bits per heavy atom. The molecular formula is C12H26N2O. The zero-order valence-electron chi connectivity index (χ0n) is 10.5. The van der Waals surface area contributed by atoms with Gasteiger partial charge in [-0.1, -0.05) is 20.3 Å². The van der Waals surface area contributed by atoms with Crippen LogP contribution in [0.5, 0.6) is 0 Å². The maximum Gasteiger partial charge on any atom is 0.0829 e. The van der Waals surface area contributed by atoms with Crippen molar-refractivity contribution in [1.29, 1.82) is 0 Å². The van der Waals surface area contributed by atoms with Gasteiger partial charge in [0.25, 0.3) is 0 Å². The summed E-state index contributed by atoms with van der Waals surface area (Å²) in [6.07, 6.45) is 3.02. The Morgan fingerprint density at radius 3 is 2.87 bits per heavy atom. The Balaban J connectivity index is 2.22. The number of hydrogen-bond donors (Lipinski definition) is 0. The van der Waals surface area contributed by atoms with Crippen LogP contribution in [0.4, 0.5) is 0 Å². The summed E-state index contributed by atoms with van der Waals surface area (Å²) in [5.74, 6) is 0. The fourth-order valence-corrected chi connectivity index (χ4v) is 1.95. The Morgan fingerprint density at radius 2 is 2.20 bits per heavy atom. The van der Waals surface area contributed by atoms with Crippen LogP contribution in [0.1, 0.15) is 26.7 Å². The van der Waals surface area contributed by atoms with E-state index in [0.29, 0.717) is 6.10 Å². The molecule has 0 spiro atoms. The summed E-state index contributed by atoms with van der Waals surface area (Å²) in [6.45, 7) is 11.0. The van der Waals surface area contributed by atoms with E-state index in [9.17, 15) is 0 Å². The minimum atomic E-state index is 0.417. The molecular weight excluding hydrogens is 188 g/mol. The smallest absolute Gasteiger partial charge is 0.0829 e. The summed E-state index contributed by atoms with van der Waals surface area (Å²) >= 11 is 0.